The fraction of sp³-hybridized carbons (Fsp3) is 0.562. The van der Waals surface area contributed by atoms with E-state index in [-0.39, 0.29) is 5.96 Å². The van der Waals surface area contributed by atoms with Crippen LogP contribution in [-0.2, 0) is 4.74 Å². The molecular weight excluding hydrogens is 362 g/mol. The van der Waals surface area contributed by atoms with Crippen LogP contribution in [0.4, 0.5) is 0 Å². The Bertz CT molecular complexity index is 556. The highest BCUT2D eigenvalue weighted by atomic mass is 79.9. The van der Waals surface area contributed by atoms with Gasteiger partial charge in [0, 0.05) is 18.1 Å². The molecule has 3 N–H and O–H groups in total. The number of rotatable bonds is 4. The van der Waals surface area contributed by atoms with Gasteiger partial charge in [-0.1, -0.05) is 15.9 Å². The smallest absolute Gasteiger partial charge is 0.215 e. The van der Waals surface area contributed by atoms with Crippen molar-refractivity contribution in [2.45, 2.75) is 31.8 Å². The van der Waals surface area contributed by atoms with Crippen molar-refractivity contribution >= 4 is 21.9 Å². The zero-order valence-electron chi connectivity index (χ0n) is 13.6. The number of hydrogen-bond acceptors (Lipinski definition) is 4. The molecule has 0 aliphatic carbocycles. The van der Waals surface area contributed by atoms with Gasteiger partial charge in [-0.2, -0.15) is 0 Å². The van der Waals surface area contributed by atoms with Gasteiger partial charge in [0.25, 0.3) is 0 Å². The molecule has 1 saturated heterocycles. The fourth-order valence-electron chi connectivity index (χ4n) is 2.51. The molecule has 0 amide bonds. The number of aryl methyl sites for hydroxylation is 1. The van der Waals surface area contributed by atoms with Crippen molar-refractivity contribution in [1.29, 1.82) is 0 Å². The standard InChI is InChI=1S/C16H24BrN3O3/c1-12-9-13(17)5-6-14(12)23-16(7-3-4-8-22-11-16)10-19-15(18)20(2)21/h5-6,9,21H,3-4,7-8,10-11H2,1-2H3,(H2,18,19). The molecule has 1 heterocycles. The third-order valence-corrected chi connectivity index (χ3v) is 4.35. The molecule has 128 valence electrons. The highest BCUT2D eigenvalue weighted by Crippen LogP contribution is 2.30. The van der Waals surface area contributed by atoms with E-state index in [1.807, 2.05) is 25.1 Å². The van der Waals surface area contributed by atoms with Crippen LogP contribution in [0.15, 0.2) is 27.7 Å². The zero-order valence-corrected chi connectivity index (χ0v) is 15.2. The van der Waals surface area contributed by atoms with Crippen molar-refractivity contribution in [2.24, 2.45) is 10.7 Å². The van der Waals surface area contributed by atoms with Gasteiger partial charge in [-0.15, -0.1) is 0 Å². The van der Waals surface area contributed by atoms with Gasteiger partial charge in [0.05, 0.1) is 13.2 Å². The second-order valence-electron chi connectivity index (χ2n) is 5.90. The van der Waals surface area contributed by atoms with Crippen LogP contribution < -0.4 is 10.5 Å². The summed E-state index contributed by atoms with van der Waals surface area (Å²) in [6.45, 7) is 3.52. The fourth-order valence-corrected chi connectivity index (χ4v) is 2.98. The second-order valence-corrected chi connectivity index (χ2v) is 6.82. The minimum Gasteiger partial charge on any atom is -0.483 e. The lowest BCUT2D eigenvalue weighted by Gasteiger charge is -2.32. The summed E-state index contributed by atoms with van der Waals surface area (Å²) in [4.78, 5) is 4.26. The average Bonchev–Trinajstić information content (AvgIpc) is 2.74. The predicted molar refractivity (Wildman–Crippen MR) is 92.9 cm³/mol. The van der Waals surface area contributed by atoms with E-state index in [0.717, 1.165) is 46.7 Å². The highest BCUT2D eigenvalue weighted by molar-refractivity contribution is 9.10. The molecule has 1 aromatic rings. The van der Waals surface area contributed by atoms with Crippen molar-refractivity contribution in [3.05, 3.63) is 28.2 Å². The molecule has 1 aromatic carbocycles. The minimum atomic E-state index is -0.574. The monoisotopic (exact) mass is 385 g/mol. The van der Waals surface area contributed by atoms with Gasteiger partial charge in [0.15, 0.2) is 5.60 Å². The topological polar surface area (TPSA) is 80.3 Å². The number of hydrogen-bond donors (Lipinski definition) is 2. The molecule has 23 heavy (non-hydrogen) atoms. The maximum atomic E-state index is 9.35. The molecule has 0 radical (unpaired) electrons. The van der Waals surface area contributed by atoms with E-state index < -0.39 is 5.60 Å². The van der Waals surface area contributed by atoms with Gasteiger partial charge >= 0.3 is 0 Å². The third-order valence-electron chi connectivity index (χ3n) is 3.86. The molecule has 1 fully saturated rings. The summed E-state index contributed by atoms with van der Waals surface area (Å²) in [5.74, 6) is 0.870. The van der Waals surface area contributed by atoms with Crippen LogP contribution in [0.3, 0.4) is 0 Å². The average molecular weight is 386 g/mol. The number of ether oxygens (including phenoxy) is 2. The van der Waals surface area contributed by atoms with Crippen LogP contribution in [0.5, 0.6) is 5.75 Å². The molecule has 0 aromatic heterocycles. The predicted octanol–water partition coefficient (Wildman–Crippen LogP) is 2.71. The summed E-state index contributed by atoms with van der Waals surface area (Å²) in [5, 5.41) is 10.2. The first kappa shape index (κ1) is 18.0. The molecule has 0 saturated carbocycles. The van der Waals surface area contributed by atoms with Crippen LogP contribution in [-0.4, -0.2) is 48.6 Å². The number of aliphatic imine (C=N–C) groups is 1. The van der Waals surface area contributed by atoms with Gasteiger partial charge < -0.3 is 15.2 Å². The molecule has 0 bridgehead atoms. The van der Waals surface area contributed by atoms with E-state index in [1.54, 1.807) is 0 Å². The molecule has 1 aliphatic heterocycles. The molecule has 7 heteroatoms. The Labute approximate surface area is 145 Å². The second kappa shape index (κ2) is 7.99. The maximum Gasteiger partial charge on any atom is 0.215 e. The van der Waals surface area contributed by atoms with Crippen molar-refractivity contribution in [3.63, 3.8) is 0 Å². The number of nitrogens with two attached hydrogens (primary N) is 1. The summed E-state index contributed by atoms with van der Waals surface area (Å²) < 4.78 is 13.1. The first-order valence-electron chi connectivity index (χ1n) is 7.67. The summed E-state index contributed by atoms with van der Waals surface area (Å²) in [6.07, 6.45) is 2.83. The number of halogens is 1. The van der Waals surface area contributed by atoms with E-state index in [1.165, 1.54) is 7.05 Å². The Morgan fingerprint density at radius 2 is 2.30 bits per heavy atom. The number of guanidine groups is 1. The first-order valence-corrected chi connectivity index (χ1v) is 8.47. The quantitative estimate of drug-likeness (QED) is 0.473. The van der Waals surface area contributed by atoms with Crippen LogP contribution in [0, 0.1) is 6.92 Å². The molecule has 0 spiro atoms. The van der Waals surface area contributed by atoms with E-state index in [2.05, 4.69) is 20.9 Å². The summed E-state index contributed by atoms with van der Waals surface area (Å²) in [7, 11) is 1.44. The molecule has 1 aliphatic rings. The lowest BCUT2D eigenvalue weighted by Crippen LogP contribution is -2.45. The lowest BCUT2D eigenvalue weighted by atomic mass is 9.98. The van der Waals surface area contributed by atoms with E-state index in [0.29, 0.717) is 13.2 Å². The van der Waals surface area contributed by atoms with Crippen molar-refractivity contribution in [1.82, 2.24) is 5.06 Å². The third kappa shape index (κ3) is 5.09. The molecular formula is C16H24BrN3O3. The van der Waals surface area contributed by atoms with Crippen molar-refractivity contribution < 1.29 is 14.7 Å². The number of hydroxylamine groups is 2. The molecule has 1 atom stereocenters. The van der Waals surface area contributed by atoms with Crippen molar-refractivity contribution in [2.75, 3.05) is 26.8 Å². The van der Waals surface area contributed by atoms with Gasteiger partial charge in [-0.3, -0.25) is 5.21 Å². The maximum absolute atomic E-state index is 9.35. The van der Waals surface area contributed by atoms with Crippen LogP contribution >= 0.6 is 15.9 Å². The number of nitrogens with zero attached hydrogens (tertiary/aromatic N) is 2. The Hall–Kier alpha value is -1.31. The lowest BCUT2D eigenvalue weighted by molar-refractivity contribution is -0.0130. The summed E-state index contributed by atoms with van der Waals surface area (Å²) in [6, 6.07) is 5.91. The summed E-state index contributed by atoms with van der Waals surface area (Å²) >= 11 is 3.46. The van der Waals surface area contributed by atoms with Crippen LogP contribution in [0.1, 0.15) is 24.8 Å². The zero-order chi connectivity index (χ0) is 16.9. The van der Waals surface area contributed by atoms with Gasteiger partial charge in [0.2, 0.25) is 5.96 Å². The van der Waals surface area contributed by atoms with E-state index >= 15 is 0 Å². The largest absolute Gasteiger partial charge is 0.483 e. The highest BCUT2D eigenvalue weighted by Gasteiger charge is 2.34. The van der Waals surface area contributed by atoms with Crippen LogP contribution in [0.2, 0.25) is 0 Å². The van der Waals surface area contributed by atoms with E-state index in [9.17, 15) is 5.21 Å². The molecule has 6 nitrogen and oxygen atoms in total. The van der Waals surface area contributed by atoms with Crippen molar-refractivity contribution in [3.8, 4) is 5.75 Å². The molecule has 2 rings (SSSR count). The minimum absolute atomic E-state index is 0.0600. The normalized spacial score (nSPS) is 22.5. The summed E-state index contributed by atoms with van der Waals surface area (Å²) in [5.41, 5.74) is 6.17. The Morgan fingerprint density at radius 3 is 3.00 bits per heavy atom. The first-order chi connectivity index (χ1) is 10.9. The van der Waals surface area contributed by atoms with Gasteiger partial charge in [-0.05, 0) is 49.9 Å². The Morgan fingerprint density at radius 1 is 1.52 bits per heavy atom. The van der Waals surface area contributed by atoms with Gasteiger partial charge in [0.1, 0.15) is 5.75 Å². The Balaban J connectivity index is 2.23. The van der Waals surface area contributed by atoms with Crippen LogP contribution in [0.25, 0.3) is 0 Å². The Kier molecular flexibility index (Phi) is 6.26. The number of benzene rings is 1. The SMILES string of the molecule is Cc1cc(Br)ccc1OC1(CN=C(N)N(C)O)CCCCOC1. The van der Waals surface area contributed by atoms with E-state index in [4.69, 9.17) is 15.2 Å². The molecule has 1 unspecified atom stereocenters. The van der Waals surface area contributed by atoms with Gasteiger partial charge in [-0.25, -0.2) is 10.1 Å².